The number of esters is 1. The number of benzene rings is 4. The number of carbonyl (C=O) groups excluding carboxylic acids is 1. The fraction of sp³-hybridized carbons (Fsp3) is 0.184. The van der Waals surface area contributed by atoms with Crippen molar-refractivity contribution in [1.82, 2.24) is 4.57 Å². The van der Waals surface area contributed by atoms with Crippen molar-refractivity contribution in [3.05, 3.63) is 162 Å². The molecule has 0 fully saturated rings. The Labute approximate surface area is 270 Å². The van der Waals surface area contributed by atoms with Crippen LogP contribution < -0.4 is 19.6 Å². The van der Waals surface area contributed by atoms with E-state index in [0.29, 0.717) is 37.8 Å². The van der Waals surface area contributed by atoms with Crippen LogP contribution >= 0.6 is 11.3 Å². The van der Waals surface area contributed by atoms with Crippen LogP contribution in [0, 0.1) is 5.82 Å². The van der Waals surface area contributed by atoms with Gasteiger partial charge in [0.15, 0.2) is 4.80 Å². The minimum atomic E-state index is -0.751. The average Bonchev–Trinajstić information content (AvgIpc) is 3.38. The zero-order valence-electron chi connectivity index (χ0n) is 25.8. The van der Waals surface area contributed by atoms with Crippen LogP contribution in [-0.2, 0) is 16.1 Å². The first-order valence-corrected chi connectivity index (χ1v) is 16.0. The Hall–Kier alpha value is -5.08. The number of para-hydroxylation sites is 1. The highest BCUT2D eigenvalue weighted by Gasteiger charge is 2.35. The number of hydrogen-bond acceptors (Lipinski definition) is 6. The topological polar surface area (TPSA) is 69.9 Å². The average molecular weight is 633 g/mol. The minimum Gasteiger partial charge on any atom is -0.488 e. The number of halogens is 1. The maximum Gasteiger partial charge on any atom is 0.338 e. The van der Waals surface area contributed by atoms with Gasteiger partial charge in [-0.05, 0) is 53.8 Å². The van der Waals surface area contributed by atoms with Crippen molar-refractivity contribution < 1.29 is 18.7 Å². The molecule has 0 N–H and O–H groups in total. The molecular formula is C38H33FN2O4S. The third kappa shape index (κ3) is 6.34. The summed E-state index contributed by atoms with van der Waals surface area (Å²) in [6.07, 6.45) is 1.79. The first-order chi connectivity index (χ1) is 22.3. The zero-order chi connectivity index (χ0) is 32.2. The molecule has 0 bridgehead atoms. The number of carbonyl (C=O) groups is 1. The summed E-state index contributed by atoms with van der Waals surface area (Å²) in [7, 11) is 0. The zero-order valence-corrected chi connectivity index (χ0v) is 26.6. The SMILES string of the molecule is CCOC(=O)C1=C(c2ccccc2)N=c2s/c(=C\c3ccccc3OCc3ccc(F)cc3)c(=O)n2[C@H]1c1ccc(C(C)C)cc1. The van der Waals surface area contributed by atoms with Crippen LogP contribution in [0.15, 0.2) is 118 Å². The third-order valence-electron chi connectivity index (χ3n) is 7.81. The second-order valence-corrected chi connectivity index (χ2v) is 12.2. The van der Waals surface area contributed by atoms with Crippen molar-refractivity contribution in [3.8, 4) is 5.75 Å². The van der Waals surface area contributed by atoms with Crippen LogP contribution in [0.4, 0.5) is 4.39 Å². The third-order valence-corrected chi connectivity index (χ3v) is 8.79. The molecule has 4 aromatic carbocycles. The number of fused-ring (bicyclic) bond motifs is 1. The predicted molar refractivity (Wildman–Crippen MR) is 179 cm³/mol. The quantitative estimate of drug-likeness (QED) is 0.168. The maximum atomic E-state index is 14.3. The summed E-state index contributed by atoms with van der Waals surface area (Å²) in [5, 5.41) is 0. The smallest absolute Gasteiger partial charge is 0.338 e. The van der Waals surface area contributed by atoms with Crippen LogP contribution in [0.1, 0.15) is 60.5 Å². The first kappa shape index (κ1) is 30.9. The lowest BCUT2D eigenvalue weighted by molar-refractivity contribution is -0.138. The molecule has 0 spiro atoms. The summed E-state index contributed by atoms with van der Waals surface area (Å²) in [6.45, 7) is 6.43. The van der Waals surface area contributed by atoms with Crippen LogP contribution in [0.25, 0.3) is 11.8 Å². The van der Waals surface area contributed by atoms with Gasteiger partial charge in [0.05, 0.1) is 28.5 Å². The molecule has 6 rings (SSSR count). The van der Waals surface area contributed by atoms with E-state index in [-0.39, 0.29) is 24.6 Å². The van der Waals surface area contributed by atoms with E-state index < -0.39 is 12.0 Å². The van der Waals surface area contributed by atoms with Gasteiger partial charge >= 0.3 is 5.97 Å². The Morgan fingerprint density at radius 2 is 1.65 bits per heavy atom. The highest BCUT2D eigenvalue weighted by atomic mass is 32.1. The van der Waals surface area contributed by atoms with Crippen LogP contribution in [-0.4, -0.2) is 17.1 Å². The van der Waals surface area contributed by atoms with Gasteiger partial charge in [0.25, 0.3) is 5.56 Å². The van der Waals surface area contributed by atoms with Gasteiger partial charge in [-0.15, -0.1) is 0 Å². The van der Waals surface area contributed by atoms with E-state index in [1.54, 1.807) is 29.7 Å². The van der Waals surface area contributed by atoms with E-state index in [9.17, 15) is 14.0 Å². The molecule has 5 aromatic rings. The minimum absolute atomic E-state index is 0.183. The van der Waals surface area contributed by atoms with E-state index in [0.717, 1.165) is 22.3 Å². The number of ether oxygens (including phenoxy) is 2. The molecule has 2 heterocycles. The Morgan fingerprint density at radius 1 is 0.957 bits per heavy atom. The van der Waals surface area contributed by atoms with Gasteiger partial charge in [-0.25, -0.2) is 14.2 Å². The molecule has 6 nitrogen and oxygen atoms in total. The molecule has 0 saturated carbocycles. The number of hydrogen-bond donors (Lipinski definition) is 0. The molecule has 1 aliphatic rings. The number of rotatable bonds is 9. The Bertz CT molecular complexity index is 2080. The molecule has 1 atom stereocenters. The highest BCUT2D eigenvalue weighted by molar-refractivity contribution is 7.07. The van der Waals surface area contributed by atoms with Gasteiger partial charge in [0.1, 0.15) is 18.2 Å². The molecular weight excluding hydrogens is 599 g/mol. The predicted octanol–water partition coefficient (Wildman–Crippen LogP) is 6.78. The van der Waals surface area contributed by atoms with E-state index in [1.165, 1.54) is 23.5 Å². The van der Waals surface area contributed by atoms with Gasteiger partial charge in [-0.3, -0.25) is 9.36 Å². The van der Waals surface area contributed by atoms with E-state index >= 15 is 0 Å². The second kappa shape index (κ2) is 13.5. The lowest BCUT2D eigenvalue weighted by Gasteiger charge is -2.26. The highest BCUT2D eigenvalue weighted by Crippen LogP contribution is 2.35. The van der Waals surface area contributed by atoms with Crippen molar-refractivity contribution in [3.63, 3.8) is 0 Å². The summed E-state index contributed by atoms with van der Waals surface area (Å²) in [6, 6.07) is 30.4. The van der Waals surface area contributed by atoms with E-state index in [1.807, 2.05) is 78.9 Å². The Morgan fingerprint density at radius 3 is 2.35 bits per heavy atom. The van der Waals surface area contributed by atoms with Gasteiger partial charge < -0.3 is 9.47 Å². The lowest BCUT2D eigenvalue weighted by Crippen LogP contribution is -2.40. The molecule has 0 saturated heterocycles. The van der Waals surface area contributed by atoms with Crippen LogP contribution in [0.3, 0.4) is 0 Å². The Kier molecular flexibility index (Phi) is 9.08. The number of aromatic nitrogens is 1. The molecule has 0 radical (unpaired) electrons. The van der Waals surface area contributed by atoms with Crippen molar-refractivity contribution in [2.75, 3.05) is 6.61 Å². The first-order valence-electron chi connectivity index (χ1n) is 15.2. The fourth-order valence-corrected chi connectivity index (χ4v) is 6.42. The molecule has 0 amide bonds. The van der Waals surface area contributed by atoms with E-state index in [2.05, 4.69) is 13.8 Å². The molecule has 46 heavy (non-hydrogen) atoms. The molecule has 0 aliphatic carbocycles. The monoisotopic (exact) mass is 632 g/mol. The Balaban J connectivity index is 1.52. The fourth-order valence-electron chi connectivity index (χ4n) is 5.43. The standard InChI is InChI=1S/C38H33FN2O4S/c1-4-44-37(43)33-34(27-10-6-5-7-11-27)40-38-41(35(33)28-18-16-26(17-19-28)24(2)3)36(42)32(46-38)22-29-12-8-9-13-31(29)45-23-25-14-20-30(39)21-15-25/h5-22,24,35H,4,23H2,1-3H3/b32-22-/t35-/m0/s1. The molecule has 1 aromatic heterocycles. The van der Waals surface area contributed by atoms with Gasteiger partial charge in [0, 0.05) is 11.1 Å². The summed E-state index contributed by atoms with van der Waals surface area (Å²) >= 11 is 1.26. The van der Waals surface area contributed by atoms with Gasteiger partial charge in [-0.1, -0.05) is 110 Å². The number of thiazole rings is 1. The summed E-state index contributed by atoms with van der Waals surface area (Å²) in [5.41, 5.74) is 4.74. The summed E-state index contributed by atoms with van der Waals surface area (Å²) < 4.78 is 27.1. The maximum absolute atomic E-state index is 14.3. The van der Waals surface area contributed by atoms with Crippen LogP contribution in [0.5, 0.6) is 5.75 Å². The van der Waals surface area contributed by atoms with Crippen molar-refractivity contribution in [2.24, 2.45) is 4.99 Å². The normalized spacial score (nSPS) is 14.6. The molecule has 0 unspecified atom stereocenters. The summed E-state index contributed by atoms with van der Waals surface area (Å²) in [4.78, 5) is 33.4. The van der Waals surface area contributed by atoms with Crippen molar-refractivity contribution in [2.45, 2.75) is 39.3 Å². The second-order valence-electron chi connectivity index (χ2n) is 11.2. The largest absolute Gasteiger partial charge is 0.488 e. The number of nitrogens with zero attached hydrogens (tertiary/aromatic N) is 2. The van der Waals surface area contributed by atoms with Crippen molar-refractivity contribution in [1.29, 1.82) is 0 Å². The van der Waals surface area contributed by atoms with Crippen LogP contribution in [0.2, 0.25) is 0 Å². The molecule has 1 aliphatic heterocycles. The van der Waals surface area contributed by atoms with Gasteiger partial charge in [-0.2, -0.15) is 0 Å². The lowest BCUT2D eigenvalue weighted by atomic mass is 9.91. The summed E-state index contributed by atoms with van der Waals surface area (Å²) in [5.74, 6) is 0.0732. The van der Waals surface area contributed by atoms with Crippen molar-refractivity contribution >= 4 is 29.1 Å². The van der Waals surface area contributed by atoms with E-state index in [4.69, 9.17) is 14.5 Å². The van der Waals surface area contributed by atoms with Gasteiger partial charge in [0.2, 0.25) is 0 Å². The molecule has 8 heteroatoms. The molecule has 232 valence electrons.